The number of aryl methyl sites for hydroxylation is 2. The number of guanidine groups is 1. The lowest BCUT2D eigenvalue weighted by Gasteiger charge is -2.39. The van der Waals surface area contributed by atoms with Crippen LogP contribution in [-0.4, -0.2) is 53.4 Å². The molecule has 10 nitrogen and oxygen atoms in total. The van der Waals surface area contributed by atoms with Gasteiger partial charge < -0.3 is 15.1 Å². The van der Waals surface area contributed by atoms with Crippen LogP contribution in [0.5, 0.6) is 0 Å². The minimum atomic E-state index is -0.630. The first-order chi connectivity index (χ1) is 15.8. The number of para-hydroxylation sites is 1. The number of hydrogen-bond acceptors (Lipinski definition) is 6. The number of non-ortho nitro benzene ring substituents is 2. The highest BCUT2D eigenvalue weighted by Gasteiger charge is 2.23. The third-order valence-corrected chi connectivity index (χ3v) is 5.69. The number of hydrogen-bond donors (Lipinski definition) is 1. The maximum absolute atomic E-state index is 11.3. The summed E-state index contributed by atoms with van der Waals surface area (Å²) in [6, 6.07) is 9.85. The molecule has 0 spiro atoms. The molecule has 1 heterocycles. The predicted octanol–water partition coefficient (Wildman–Crippen LogP) is 4.51. The van der Waals surface area contributed by atoms with Crippen LogP contribution < -0.4 is 10.2 Å². The zero-order valence-corrected chi connectivity index (χ0v) is 19.3. The van der Waals surface area contributed by atoms with Crippen LogP contribution in [0.2, 0.25) is 0 Å². The highest BCUT2D eigenvalue weighted by Crippen LogP contribution is 2.28. The Balaban J connectivity index is 1.81. The van der Waals surface area contributed by atoms with Crippen molar-refractivity contribution in [2.24, 2.45) is 4.99 Å². The molecule has 0 aromatic heterocycles. The fourth-order valence-corrected chi connectivity index (χ4v) is 4.02. The zero-order chi connectivity index (χ0) is 24.0. The molecule has 1 saturated heterocycles. The van der Waals surface area contributed by atoms with Crippen molar-refractivity contribution >= 4 is 28.7 Å². The van der Waals surface area contributed by atoms with Crippen molar-refractivity contribution in [3.05, 3.63) is 67.8 Å². The largest absolute Gasteiger partial charge is 0.368 e. The second-order valence-electron chi connectivity index (χ2n) is 8.15. The summed E-state index contributed by atoms with van der Waals surface area (Å²) >= 11 is 0. The molecule has 33 heavy (non-hydrogen) atoms. The van der Waals surface area contributed by atoms with Crippen molar-refractivity contribution in [2.75, 3.05) is 42.9 Å². The van der Waals surface area contributed by atoms with Gasteiger partial charge in [0.25, 0.3) is 11.4 Å². The van der Waals surface area contributed by atoms with Gasteiger partial charge in [-0.25, -0.2) is 0 Å². The monoisotopic (exact) mass is 454 g/mol. The second-order valence-corrected chi connectivity index (χ2v) is 8.15. The Morgan fingerprint density at radius 1 is 1.00 bits per heavy atom. The predicted molar refractivity (Wildman–Crippen MR) is 130 cm³/mol. The molecule has 0 aliphatic carbocycles. The molecule has 0 radical (unpaired) electrons. The Morgan fingerprint density at radius 3 is 2.09 bits per heavy atom. The summed E-state index contributed by atoms with van der Waals surface area (Å²) in [6.45, 7) is 9.94. The quantitative estimate of drug-likeness (QED) is 0.215. The molecular weight excluding hydrogens is 424 g/mol. The van der Waals surface area contributed by atoms with E-state index >= 15 is 0 Å². The van der Waals surface area contributed by atoms with Gasteiger partial charge in [-0.2, -0.15) is 0 Å². The Kier molecular flexibility index (Phi) is 7.81. The molecule has 0 atom stereocenters. The SMILES string of the molecule is CCCC/N=C(/Nc1cc([N+](=O)[O-])cc([N+](=O)[O-])c1)N1CCN(c2c(C)cccc2C)CC1. The Morgan fingerprint density at radius 2 is 1.58 bits per heavy atom. The Bertz CT molecular complexity index is 995. The van der Waals surface area contributed by atoms with Gasteiger partial charge in [-0.1, -0.05) is 31.5 Å². The van der Waals surface area contributed by atoms with Gasteiger partial charge in [0.05, 0.1) is 21.6 Å². The van der Waals surface area contributed by atoms with Gasteiger partial charge in [0.15, 0.2) is 5.96 Å². The first-order valence-corrected chi connectivity index (χ1v) is 11.1. The second kappa shape index (κ2) is 10.8. The minimum Gasteiger partial charge on any atom is -0.368 e. The molecule has 1 aliphatic heterocycles. The summed E-state index contributed by atoms with van der Waals surface area (Å²) in [5, 5.41) is 25.6. The molecular formula is C23H30N6O4. The standard InChI is InChI=1S/C23H30N6O4/c1-4-5-9-24-23(25-19-14-20(28(30)31)16-21(15-19)29(32)33)27-12-10-26(11-13-27)22-17(2)7-6-8-18(22)3/h6-8,14-16H,4-5,9-13H2,1-3H3,(H,24,25). The van der Waals surface area contributed by atoms with E-state index in [9.17, 15) is 20.2 Å². The first-order valence-electron chi connectivity index (χ1n) is 11.1. The molecule has 1 N–H and O–H groups in total. The Hall–Kier alpha value is -3.69. The summed E-state index contributed by atoms with van der Waals surface area (Å²) in [7, 11) is 0. The molecule has 3 rings (SSSR count). The van der Waals surface area contributed by atoms with Crippen LogP contribution in [0.15, 0.2) is 41.4 Å². The van der Waals surface area contributed by atoms with Crippen molar-refractivity contribution in [3.8, 4) is 0 Å². The summed E-state index contributed by atoms with van der Waals surface area (Å²) in [4.78, 5) is 30.4. The molecule has 2 aromatic carbocycles. The molecule has 10 heteroatoms. The number of nitrogens with one attached hydrogen (secondary N) is 1. The molecule has 0 amide bonds. The van der Waals surface area contributed by atoms with Gasteiger partial charge in [-0.15, -0.1) is 0 Å². The highest BCUT2D eigenvalue weighted by molar-refractivity contribution is 5.94. The molecule has 1 aliphatic rings. The highest BCUT2D eigenvalue weighted by atomic mass is 16.6. The van der Waals surface area contributed by atoms with Crippen molar-refractivity contribution in [1.82, 2.24) is 4.90 Å². The van der Waals surface area contributed by atoms with Crippen LogP contribution >= 0.6 is 0 Å². The third kappa shape index (κ3) is 5.97. The van der Waals surface area contributed by atoms with E-state index < -0.39 is 9.85 Å². The van der Waals surface area contributed by atoms with Gasteiger partial charge in [-0.05, 0) is 31.4 Å². The van der Waals surface area contributed by atoms with E-state index in [1.54, 1.807) is 0 Å². The summed E-state index contributed by atoms with van der Waals surface area (Å²) in [5.41, 5.74) is 3.34. The van der Waals surface area contributed by atoms with Crippen molar-refractivity contribution in [2.45, 2.75) is 33.6 Å². The number of aliphatic imine (C=N–C) groups is 1. The van der Waals surface area contributed by atoms with E-state index in [-0.39, 0.29) is 17.1 Å². The molecule has 0 saturated carbocycles. The number of nitro groups is 2. The number of nitrogens with zero attached hydrogens (tertiary/aromatic N) is 5. The van der Waals surface area contributed by atoms with Gasteiger partial charge in [0, 0.05) is 50.5 Å². The van der Waals surface area contributed by atoms with Gasteiger partial charge in [0.1, 0.15) is 0 Å². The smallest absolute Gasteiger partial charge is 0.278 e. The fourth-order valence-electron chi connectivity index (χ4n) is 4.02. The lowest BCUT2D eigenvalue weighted by atomic mass is 10.1. The average Bonchev–Trinajstić information content (AvgIpc) is 2.78. The van der Waals surface area contributed by atoms with Gasteiger partial charge >= 0.3 is 0 Å². The Labute approximate surface area is 193 Å². The first kappa shape index (κ1) is 24.0. The molecule has 176 valence electrons. The molecule has 2 aromatic rings. The van der Waals surface area contributed by atoms with E-state index in [0.717, 1.165) is 32.0 Å². The van der Waals surface area contributed by atoms with Crippen molar-refractivity contribution in [1.29, 1.82) is 0 Å². The topological polar surface area (TPSA) is 117 Å². The molecule has 0 bridgehead atoms. The number of unbranched alkanes of at least 4 members (excludes halogenated alkanes) is 1. The molecule has 1 fully saturated rings. The number of benzene rings is 2. The van der Waals surface area contributed by atoms with E-state index in [2.05, 4.69) is 59.1 Å². The van der Waals surface area contributed by atoms with E-state index in [1.165, 1.54) is 28.9 Å². The number of anilines is 2. The third-order valence-electron chi connectivity index (χ3n) is 5.69. The minimum absolute atomic E-state index is 0.281. The van der Waals surface area contributed by atoms with Gasteiger partial charge in [-0.3, -0.25) is 25.2 Å². The van der Waals surface area contributed by atoms with E-state index in [4.69, 9.17) is 0 Å². The fraction of sp³-hybridized carbons (Fsp3) is 0.435. The number of rotatable bonds is 7. The van der Waals surface area contributed by atoms with Crippen LogP contribution in [0.4, 0.5) is 22.7 Å². The van der Waals surface area contributed by atoms with Crippen LogP contribution in [0, 0.1) is 34.1 Å². The van der Waals surface area contributed by atoms with Crippen molar-refractivity contribution < 1.29 is 9.85 Å². The maximum Gasteiger partial charge on any atom is 0.278 e. The average molecular weight is 455 g/mol. The van der Waals surface area contributed by atoms with Gasteiger partial charge in [0.2, 0.25) is 0 Å². The van der Waals surface area contributed by atoms with Crippen molar-refractivity contribution in [3.63, 3.8) is 0 Å². The van der Waals surface area contributed by atoms with Crippen LogP contribution in [0.25, 0.3) is 0 Å². The number of nitro benzene ring substituents is 2. The summed E-state index contributed by atoms with van der Waals surface area (Å²) < 4.78 is 0. The normalized spacial score (nSPS) is 14.3. The number of piperazine rings is 1. The summed E-state index contributed by atoms with van der Waals surface area (Å²) in [6.07, 6.45) is 1.89. The lowest BCUT2D eigenvalue weighted by Crippen LogP contribution is -2.51. The summed E-state index contributed by atoms with van der Waals surface area (Å²) in [5.74, 6) is 0.583. The van der Waals surface area contributed by atoms with E-state index in [1.807, 2.05) is 0 Å². The van der Waals surface area contributed by atoms with Crippen LogP contribution in [0.3, 0.4) is 0 Å². The zero-order valence-electron chi connectivity index (χ0n) is 19.3. The van der Waals surface area contributed by atoms with Crippen LogP contribution in [0.1, 0.15) is 30.9 Å². The lowest BCUT2D eigenvalue weighted by molar-refractivity contribution is -0.394. The van der Waals surface area contributed by atoms with E-state index in [0.29, 0.717) is 25.6 Å². The van der Waals surface area contributed by atoms with Crippen LogP contribution in [-0.2, 0) is 0 Å². The molecule has 0 unspecified atom stereocenters. The maximum atomic E-state index is 11.3.